The molecule has 0 bridgehead atoms. The van der Waals surface area contributed by atoms with E-state index in [1.807, 2.05) is 0 Å². The molecule has 0 radical (unpaired) electrons. The van der Waals surface area contributed by atoms with Crippen LogP contribution < -0.4 is 20.7 Å². The van der Waals surface area contributed by atoms with Gasteiger partial charge in [0.05, 0.1) is 12.8 Å². The van der Waals surface area contributed by atoms with Gasteiger partial charge >= 0.3 is 0 Å². The minimum absolute atomic E-state index is 0.131. The molecule has 0 aromatic heterocycles. The Bertz CT molecular complexity index is 466. The number of ether oxygens (including phenoxy) is 1. The second kappa shape index (κ2) is 7.60. The lowest BCUT2D eigenvalue weighted by atomic mass is 10.3. The van der Waals surface area contributed by atoms with Crippen LogP contribution >= 0.6 is 11.6 Å². The van der Waals surface area contributed by atoms with Crippen LogP contribution in [0, 0.1) is 0 Å². The zero-order valence-electron chi connectivity index (χ0n) is 10.8. The number of quaternary nitrogens is 1. The summed E-state index contributed by atoms with van der Waals surface area (Å²) >= 11 is 5.85. The molecule has 1 rings (SSSR count). The number of rotatable bonds is 6. The second-order valence-electron chi connectivity index (χ2n) is 3.76. The summed E-state index contributed by atoms with van der Waals surface area (Å²) in [6.07, 6.45) is 0. The molecule has 0 aliphatic carbocycles. The maximum atomic E-state index is 11.7. The highest BCUT2D eigenvalue weighted by atomic mass is 35.5. The van der Waals surface area contributed by atoms with E-state index in [-0.39, 0.29) is 24.9 Å². The highest BCUT2D eigenvalue weighted by Gasteiger charge is 2.10. The Morgan fingerprint density at radius 1 is 1.32 bits per heavy atom. The Morgan fingerprint density at radius 2 is 2.00 bits per heavy atom. The van der Waals surface area contributed by atoms with Gasteiger partial charge in [-0.05, 0) is 18.2 Å². The number of halogens is 1. The third-order valence-electron chi connectivity index (χ3n) is 2.37. The van der Waals surface area contributed by atoms with Gasteiger partial charge in [0.1, 0.15) is 5.75 Å². The van der Waals surface area contributed by atoms with Crippen LogP contribution in [0.15, 0.2) is 18.2 Å². The van der Waals surface area contributed by atoms with Crippen molar-refractivity contribution in [3.8, 4) is 5.75 Å². The van der Waals surface area contributed by atoms with Crippen molar-refractivity contribution in [3.63, 3.8) is 0 Å². The zero-order chi connectivity index (χ0) is 14.3. The molecule has 6 nitrogen and oxygen atoms in total. The van der Waals surface area contributed by atoms with Crippen molar-refractivity contribution >= 4 is 29.1 Å². The number of hydrogen-bond donors (Lipinski definition) is 3. The Balaban J connectivity index is 2.52. The molecular weight excluding hydrogens is 270 g/mol. The van der Waals surface area contributed by atoms with Crippen LogP contribution in [0.2, 0.25) is 5.02 Å². The summed E-state index contributed by atoms with van der Waals surface area (Å²) < 4.78 is 5.11. The van der Waals surface area contributed by atoms with Gasteiger partial charge in [0.25, 0.3) is 11.8 Å². The molecule has 104 valence electrons. The molecule has 0 aliphatic heterocycles. The van der Waals surface area contributed by atoms with Gasteiger partial charge in [0.15, 0.2) is 13.1 Å². The molecule has 0 unspecified atom stereocenters. The molecule has 0 spiro atoms. The normalized spacial score (nSPS) is 9.84. The van der Waals surface area contributed by atoms with E-state index in [1.54, 1.807) is 30.6 Å². The predicted octanol–water partition coefficient (Wildman–Crippen LogP) is -0.403. The molecule has 0 heterocycles. The van der Waals surface area contributed by atoms with Crippen LogP contribution in [-0.2, 0) is 9.59 Å². The minimum Gasteiger partial charge on any atom is -0.495 e. The number of nitrogens with two attached hydrogens (primary N) is 1. The summed E-state index contributed by atoms with van der Waals surface area (Å²) in [5.74, 6) is 0.168. The monoisotopic (exact) mass is 286 g/mol. The van der Waals surface area contributed by atoms with Gasteiger partial charge in [0.2, 0.25) is 0 Å². The molecule has 0 fully saturated rings. The molecule has 2 amide bonds. The summed E-state index contributed by atoms with van der Waals surface area (Å²) in [4.78, 5) is 22.7. The van der Waals surface area contributed by atoms with Gasteiger partial charge in [-0.2, -0.15) is 0 Å². The zero-order valence-corrected chi connectivity index (χ0v) is 11.6. The SMILES string of the molecule is CNC(=O)C[NH2+]CC(=O)Nc1cc(Cl)ccc1OC. The van der Waals surface area contributed by atoms with E-state index in [0.717, 1.165) is 0 Å². The third kappa shape index (κ3) is 5.15. The number of methoxy groups -OCH3 is 1. The van der Waals surface area contributed by atoms with E-state index >= 15 is 0 Å². The smallest absolute Gasteiger partial charge is 0.279 e. The van der Waals surface area contributed by atoms with Gasteiger partial charge in [-0.1, -0.05) is 11.6 Å². The first-order valence-electron chi connectivity index (χ1n) is 5.72. The molecule has 0 saturated carbocycles. The van der Waals surface area contributed by atoms with Crippen LogP contribution in [0.5, 0.6) is 5.75 Å². The van der Waals surface area contributed by atoms with Gasteiger partial charge in [-0.25, -0.2) is 0 Å². The molecule has 19 heavy (non-hydrogen) atoms. The third-order valence-corrected chi connectivity index (χ3v) is 2.61. The highest BCUT2D eigenvalue weighted by molar-refractivity contribution is 6.31. The molecule has 4 N–H and O–H groups in total. The summed E-state index contributed by atoms with van der Waals surface area (Å²) in [5.41, 5.74) is 0.508. The Labute approximate surface area is 116 Å². The van der Waals surface area contributed by atoms with Crippen molar-refractivity contribution in [3.05, 3.63) is 23.2 Å². The summed E-state index contributed by atoms with van der Waals surface area (Å²) in [6.45, 7) is 0.347. The summed E-state index contributed by atoms with van der Waals surface area (Å²) in [6, 6.07) is 4.96. The number of carbonyl (C=O) groups is 2. The highest BCUT2D eigenvalue weighted by Crippen LogP contribution is 2.27. The van der Waals surface area contributed by atoms with Crippen LogP contribution in [0.4, 0.5) is 5.69 Å². The maximum Gasteiger partial charge on any atom is 0.279 e. The molecule has 1 aromatic rings. The van der Waals surface area contributed by atoms with Crippen molar-refractivity contribution in [1.29, 1.82) is 0 Å². The standard InChI is InChI=1S/C12H16ClN3O3/c1-14-11(17)6-15-7-12(18)16-9-5-8(13)3-4-10(9)19-2/h3-5,15H,6-7H2,1-2H3,(H,14,17)(H,16,18)/p+1. The first kappa shape index (κ1) is 15.3. The maximum absolute atomic E-state index is 11.7. The van der Waals surface area contributed by atoms with Crippen LogP contribution in [0.1, 0.15) is 0 Å². The summed E-state index contributed by atoms with van der Waals surface area (Å²) in [5, 5.41) is 7.26. The topological polar surface area (TPSA) is 84.0 Å². The number of likely N-dealkylation sites (N-methyl/N-ethyl adjacent to an activating group) is 1. The molecule has 0 saturated heterocycles. The van der Waals surface area contributed by atoms with Gasteiger partial charge in [-0.15, -0.1) is 0 Å². The first-order chi connectivity index (χ1) is 9.06. The number of benzene rings is 1. The average molecular weight is 287 g/mol. The molecule has 0 aliphatic rings. The Morgan fingerprint density at radius 3 is 2.63 bits per heavy atom. The minimum atomic E-state index is -0.232. The van der Waals surface area contributed by atoms with Gasteiger partial charge in [0, 0.05) is 12.1 Å². The number of anilines is 1. The van der Waals surface area contributed by atoms with Crippen molar-refractivity contribution in [2.24, 2.45) is 0 Å². The first-order valence-corrected chi connectivity index (χ1v) is 6.10. The average Bonchev–Trinajstić information content (AvgIpc) is 2.38. The Kier molecular flexibility index (Phi) is 6.11. The van der Waals surface area contributed by atoms with Gasteiger partial charge < -0.3 is 20.7 Å². The fraction of sp³-hybridized carbons (Fsp3) is 0.333. The largest absolute Gasteiger partial charge is 0.495 e. The lowest BCUT2D eigenvalue weighted by Gasteiger charge is -2.09. The van der Waals surface area contributed by atoms with Crippen molar-refractivity contribution in [1.82, 2.24) is 5.32 Å². The van der Waals surface area contributed by atoms with E-state index < -0.39 is 0 Å². The lowest BCUT2D eigenvalue weighted by Crippen LogP contribution is -2.88. The summed E-state index contributed by atoms with van der Waals surface area (Å²) in [7, 11) is 3.06. The van der Waals surface area contributed by atoms with Crippen LogP contribution in [0.3, 0.4) is 0 Å². The van der Waals surface area contributed by atoms with E-state index in [4.69, 9.17) is 16.3 Å². The van der Waals surface area contributed by atoms with Crippen molar-refractivity contribution in [2.75, 3.05) is 32.6 Å². The fourth-order valence-corrected chi connectivity index (χ4v) is 1.59. The number of amides is 2. The van der Waals surface area contributed by atoms with Gasteiger partial charge in [-0.3, -0.25) is 9.59 Å². The molecule has 0 atom stereocenters. The quantitative estimate of drug-likeness (QED) is 0.665. The molecule has 1 aromatic carbocycles. The molecular formula is C12H17ClN3O3+. The number of nitrogens with one attached hydrogen (secondary N) is 2. The predicted molar refractivity (Wildman–Crippen MR) is 72.4 cm³/mol. The Hall–Kier alpha value is -1.79. The van der Waals surface area contributed by atoms with E-state index in [9.17, 15) is 9.59 Å². The lowest BCUT2D eigenvalue weighted by molar-refractivity contribution is -0.632. The van der Waals surface area contributed by atoms with E-state index in [0.29, 0.717) is 16.5 Å². The molecule has 7 heteroatoms. The van der Waals surface area contributed by atoms with Crippen LogP contribution in [0.25, 0.3) is 0 Å². The fourth-order valence-electron chi connectivity index (χ4n) is 1.42. The van der Waals surface area contributed by atoms with E-state index in [2.05, 4.69) is 10.6 Å². The second-order valence-corrected chi connectivity index (χ2v) is 4.20. The number of carbonyl (C=O) groups excluding carboxylic acids is 2. The van der Waals surface area contributed by atoms with Crippen molar-refractivity contribution < 1.29 is 19.6 Å². The van der Waals surface area contributed by atoms with Crippen molar-refractivity contribution in [2.45, 2.75) is 0 Å². The number of hydrogen-bond acceptors (Lipinski definition) is 3. The van der Waals surface area contributed by atoms with Crippen LogP contribution in [-0.4, -0.2) is 39.1 Å². The van der Waals surface area contributed by atoms with E-state index in [1.165, 1.54) is 7.11 Å².